The van der Waals surface area contributed by atoms with Gasteiger partial charge in [0.2, 0.25) is 0 Å². The van der Waals surface area contributed by atoms with Gasteiger partial charge in [0.15, 0.2) is 5.65 Å². The van der Waals surface area contributed by atoms with Crippen molar-refractivity contribution < 1.29 is 0 Å². The minimum atomic E-state index is 0.407. The Bertz CT molecular complexity index is 740. The highest BCUT2D eigenvalue weighted by atomic mass is 15.3. The molecule has 0 bridgehead atoms. The van der Waals surface area contributed by atoms with Gasteiger partial charge in [-0.05, 0) is 25.8 Å². The van der Waals surface area contributed by atoms with E-state index < -0.39 is 0 Å². The molecule has 3 heterocycles. The van der Waals surface area contributed by atoms with E-state index in [1.54, 1.807) is 0 Å². The molecule has 0 unspecified atom stereocenters. The van der Waals surface area contributed by atoms with E-state index in [9.17, 15) is 0 Å². The maximum atomic E-state index is 4.71. The van der Waals surface area contributed by atoms with Gasteiger partial charge >= 0.3 is 0 Å². The van der Waals surface area contributed by atoms with Crippen molar-refractivity contribution in [3.8, 4) is 0 Å². The Morgan fingerprint density at radius 1 is 1.17 bits per heavy atom. The molecular weight excluding hydrogens is 224 g/mol. The Balaban J connectivity index is 2.48. The van der Waals surface area contributed by atoms with E-state index >= 15 is 0 Å². The third kappa shape index (κ3) is 1.41. The Kier molecular flexibility index (Phi) is 2.33. The Hall–Kier alpha value is -1.97. The largest absolute Gasteiger partial charge is 0.261 e. The van der Waals surface area contributed by atoms with Crippen LogP contribution in [-0.2, 0) is 0 Å². The molecule has 0 aliphatic rings. The van der Waals surface area contributed by atoms with Crippen molar-refractivity contribution in [2.24, 2.45) is 0 Å². The van der Waals surface area contributed by atoms with Crippen molar-refractivity contribution in [3.63, 3.8) is 0 Å². The summed E-state index contributed by atoms with van der Waals surface area (Å²) in [6.07, 6.45) is 3.72. The van der Waals surface area contributed by atoms with Crippen LogP contribution in [0.15, 0.2) is 18.5 Å². The molecule has 0 saturated heterocycles. The van der Waals surface area contributed by atoms with Gasteiger partial charge in [-0.1, -0.05) is 13.8 Å². The molecule has 3 aromatic heterocycles. The van der Waals surface area contributed by atoms with Crippen molar-refractivity contribution in [1.29, 1.82) is 0 Å². The van der Waals surface area contributed by atoms with Crippen molar-refractivity contribution in [1.82, 2.24) is 19.6 Å². The van der Waals surface area contributed by atoms with Gasteiger partial charge in [-0.15, -0.1) is 0 Å². The summed E-state index contributed by atoms with van der Waals surface area (Å²) in [4.78, 5) is 8.83. The average molecular weight is 240 g/mol. The van der Waals surface area contributed by atoms with E-state index in [4.69, 9.17) is 5.10 Å². The lowest BCUT2D eigenvalue weighted by Crippen LogP contribution is -1.96. The first-order valence-corrected chi connectivity index (χ1v) is 6.19. The molecule has 0 aliphatic carbocycles. The van der Waals surface area contributed by atoms with Crippen LogP contribution in [0.3, 0.4) is 0 Å². The van der Waals surface area contributed by atoms with Crippen LogP contribution in [0.1, 0.15) is 36.7 Å². The number of pyridine rings is 1. The number of hydrogen-bond acceptors (Lipinski definition) is 3. The SMILES string of the molecule is Cc1nccc2c1cnc1c(C)c(C(C)C)nn12. The molecule has 0 atom stereocenters. The Morgan fingerprint density at radius 3 is 2.67 bits per heavy atom. The standard InChI is InChI=1S/C14H16N4/c1-8(2)13-9(3)14-16-7-11-10(4)15-6-5-12(11)18(14)17-13/h5-8H,1-4H3. The van der Waals surface area contributed by atoms with Gasteiger partial charge in [0.05, 0.1) is 11.2 Å². The molecule has 0 radical (unpaired) electrons. The number of nitrogens with zero attached hydrogens (tertiary/aromatic N) is 4. The molecule has 0 amide bonds. The molecule has 0 fully saturated rings. The minimum absolute atomic E-state index is 0.407. The van der Waals surface area contributed by atoms with Crippen molar-refractivity contribution >= 4 is 16.6 Å². The highest BCUT2D eigenvalue weighted by Gasteiger charge is 2.14. The number of aryl methyl sites for hydroxylation is 2. The Labute approximate surface area is 106 Å². The van der Waals surface area contributed by atoms with Gasteiger partial charge < -0.3 is 0 Å². The zero-order valence-corrected chi connectivity index (χ0v) is 11.1. The molecule has 0 aromatic carbocycles. The summed E-state index contributed by atoms with van der Waals surface area (Å²) < 4.78 is 1.94. The zero-order chi connectivity index (χ0) is 12.9. The number of rotatable bonds is 1. The molecule has 4 heteroatoms. The van der Waals surface area contributed by atoms with E-state index in [0.29, 0.717) is 5.92 Å². The second kappa shape index (κ2) is 3.77. The third-order valence-electron chi connectivity index (χ3n) is 3.39. The van der Waals surface area contributed by atoms with Gasteiger partial charge in [0, 0.05) is 29.0 Å². The molecular formula is C14H16N4. The van der Waals surface area contributed by atoms with Gasteiger partial charge in [-0.3, -0.25) is 4.98 Å². The fourth-order valence-corrected chi connectivity index (χ4v) is 2.41. The molecule has 4 nitrogen and oxygen atoms in total. The fraction of sp³-hybridized carbons (Fsp3) is 0.357. The predicted molar refractivity (Wildman–Crippen MR) is 71.9 cm³/mol. The van der Waals surface area contributed by atoms with E-state index in [0.717, 1.165) is 27.9 Å². The molecule has 92 valence electrons. The summed E-state index contributed by atoms with van der Waals surface area (Å²) in [6, 6.07) is 1.99. The molecule has 0 spiro atoms. The number of fused-ring (bicyclic) bond motifs is 3. The van der Waals surface area contributed by atoms with Crippen molar-refractivity contribution in [2.75, 3.05) is 0 Å². The second-order valence-electron chi connectivity index (χ2n) is 4.99. The van der Waals surface area contributed by atoms with Crippen molar-refractivity contribution in [3.05, 3.63) is 35.4 Å². The van der Waals surface area contributed by atoms with Crippen LogP contribution in [0.25, 0.3) is 16.6 Å². The second-order valence-corrected chi connectivity index (χ2v) is 4.99. The van der Waals surface area contributed by atoms with Gasteiger partial charge in [-0.25, -0.2) is 9.50 Å². The van der Waals surface area contributed by atoms with Gasteiger partial charge in [0.1, 0.15) is 0 Å². The van der Waals surface area contributed by atoms with Gasteiger partial charge in [-0.2, -0.15) is 5.10 Å². The van der Waals surface area contributed by atoms with Crippen LogP contribution in [0.2, 0.25) is 0 Å². The molecule has 0 saturated carbocycles. The maximum Gasteiger partial charge on any atom is 0.158 e. The summed E-state index contributed by atoms with van der Waals surface area (Å²) in [5.41, 5.74) is 5.28. The zero-order valence-electron chi connectivity index (χ0n) is 11.1. The Morgan fingerprint density at radius 2 is 1.94 bits per heavy atom. The first-order valence-electron chi connectivity index (χ1n) is 6.19. The van der Waals surface area contributed by atoms with Crippen molar-refractivity contribution in [2.45, 2.75) is 33.6 Å². The van der Waals surface area contributed by atoms with Crippen LogP contribution in [0, 0.1) is 13.8 Å². The van der Waals surface area contributed by atoms with Crippen LogP contribution in [0.4, 0.5) is 0 Å². The molecule has 3 aromatic rings. The van der Waals surface area contributed by atoms with Crippen LogP contribution < -0.4 is 0 Å². The smallest absolute Gasteiger partial charge is 0.158 e. The summed E-state index contributed by atoms with van der Waals surface area (Å²) >= 11 is 0. The van der Waals surface area contributed by atoms with E-state index in [-0.39, 0.29) is 0 Å². The van der Waals surface area contributed by atoms with Crippen LogP contribution in [-0.4, -0.2) is 19.6 Å². The van der Waals surface area contributed by atoms with E-state index in [1.807, 2.05) is 29.9 Å². The fourth-order valence-electron chi connectivity index (χ4n) is 2.41. The normalized spacial score (nSPS) is 11.8. The molecule has 0 aliphatic heterocycles. The first-order chi connectivity index (χ1) is 8.59. The van der Waals surface area contributed by atoms with Crippen LogP contribution in [0.5, 0.6) is 0 Å². The molecule has 0 N–H and O–H groups in total. The lowest BCUT2D eigenvalue weighted by molar-refractivity contribution is 0.789. The number of hydrogen-bond donors (Lipinski definition) is 0. The third-order valence-corrected chi connectivity index (χ3v) is 3.39. The first kappa shape index (κ1) is 11.1. The maximum absolute atomic E-state index is 4.71. The summed E-state index contributed by atoms with van der Waals surface area (Å²) in [5.74, 6) is 0.407. The lowest BCUT2D eigenvalue weighted by Gasteiger charge is -2.02. The topological polar surface area (TPSA) is 43.1 Å². The lowest BCUT2D eigenvalue weighted by atomic mass is 10.1. The average Bonchev–Trinajstić information content (AvgIpc) is 2.68. The van der Waals surface area contributed by atoms with E-state index in [2.05, 4.69) is 30.7 Å². The van der Waals surface area contributed by atoms with E-state index in [1.165, 1.54) is 5.56 Å². The quantitative estimate of drug-likeness (QED) is 0.656. The van der Waals surface area contributed by atoms with Crippen LogP contribution >= 0.6 is 0 Å². The predicted octanol–water partition coefficient (Wildman–Crippen LogP) is 3.02. The summed E-state index contributed by atoms with van der Waals surface area (Å²) in [7, 11) is 0. The monoisotopic (exact) mass is 240 g/mol. The molecule has 18 heavy (non-hydrogen) atoms. The highest BCUT2D eigenvalue weighted by molar-refractivity contribution is 5.82. The molecule has 3 rings (SSSR count). The summed E-state index contributed by atoms with van der Waals surface area (Å²) in [5, 5.41) is 5.77. The highest BCUT2D eigenvalue weighted by Crippen LogP contribution is 2.24. The number of aromatic nitrogens is 4. The summed E-state index contributed by atoms with van der Waals surface area (Å²) in [6.45, 7) is 8.40. The van der Waals surface area contributed by atoms with Gasteiger partial charge in [0.25, 0.3) is 0 Å². The minimum Gasteiger partial charge on any atom is -0.261 e.